The number of para-hydroxylation sites is 1. The molecule has 2 amide bonds. The summed E-state index contributed by atoms with van der Waals surface area (Å²) in [6.45, 7) is 7.98. The topological polar surface area (TPSA) is 88.9 Å². The molecule has 166 valence electrons. The Morgan fingerprint density at radius 3 is 2.62 bits per heavy atom. The fraction of sp³-hybridized carbons (Fsp3) is 0.217. The second-order valence-corrected chi connectivity index (χ2v) is 8.42. The van der Waals surface area contributed by atoms with Gasteiger partial charge in [0.15, 0.2) is 11.0 Å². The second-order valence-electron chi connectivity index (χ2n) is 7.07. The molecule has 1 aromatic heterocycles. The number of aromatic nitrogens is 3. The number of benzene rings is 2. The number of carbonyl (C=O) groups excluding carboxylic acids is 2. The third kappa shape index (κ3) is 5.77. The lowest BCUT2D eigenvalue weighted by Crippen LogP contribution is -2.29. The number of thioether (sulfide) groups is 1. The molecule has 32 heavy (non-hydrogen) atoms. The summed E-state index contributed by atoms with van der Waals surface area (Å²) in [6.07, 6.45) is 1.72. The molecule has 0 saturated heterocycles. The zero-order chi connectivity index (χ0) is 23.1. The Kier molecular flexibility index (Phi) is 8.08. The number of halogens is 1. The number of nitrogens with one attached hydrogen (secondary N) is 2. The average Bonchev–Trinajstić information content (AvgIpc) is 3.17. The number of amides is 2. The van der Waals surface area contributed by atoms with Crippen molar-refractivity contribution < 1.29 is 9.59 Å². The van der Waals surface area contributed by atoms with E-state index in [1.165, 1.54) is 11.8 Å². The fourth-order valence-electron chi connectivity index (χ4n) is 3.04. The average molecular weight is 470 g/mol. The predicted octanol–water partition coefficient (Wildman–Crippen LogP) is 4.65. The SMILES string of the molecule is C=CCn1c(SCC(=O)Nc2ccccc2C)nnc1[C@@H](C)NC(=O)c1ccccc1Cl. The largest absolute Gasteiger partial charge is 0.342 e. The Balaban J connectivity index is 1.68. The van der Waals surface area contributed by atoms with Gasteiger partial charge in [-0.1, -0.05) is 59.8 Å². The molecule has 0 fully saturated rings. The molecule has 0 spiro atoms. The summed E-state index contributed by atoms with van der Waals surface area (Å²) in [5, 5.41) is 15.2. The van der Waals surface area contributed by atoms with Crippen LogP contribution < -0.4 is 10.6 Å². The third-order valence-corrected chi connectivity index (χ3v) is 5.96. The Labute approximate surface area is 196 Å². The number of carbonyl (C=O) groups is 2. The van der Waals surface area contributed by atoms with Crippen LogP contribution in [0.15, 0.2) is 66.3 Å². The van der Waals surface area contributed by atoms with E-state index in [9.17, 15) is 9.59 Å². The number of nitrogens with zero attached hydrogens (tertiary/aromatic N) is 3. The summed E-state index contributed by atoms with van der Waals surface area (Å²) in [6, 6.07) is 14.0. The van der Waals surface area contributed by atoms with Gasteiger partial charge in [0.1, 0.15) is 0 Å². The number of allylic oxidation sites excluding steroid dienone is 1. The first-order valence-electron chi connectivity index (χ1n) is 9.98. The van der Waals surface area contributed by atoms with Gasteiger partial charge in [0.25, 0.3) is 5.91 Å². The molecular weight excluding hydrogens is 446 g/mol. The molecule has 2 N–H and O–H groups in total. The minimum Gasteiger partial charge on any atom is -0.342 e. The molecule has 3 rings (SSSR count). The Hall–Kier alpha value is -3.10. The lowest BCUT2D eigenvalue weighted by Gasteiger charge is -2.15. The summed E-state index contributed by atoms with van der Waals surface area (Å²) in [4.78, 5) is 25.0. The van der Waals surface area contributed by atoms with Crippen molar-refractivity contribution in [1.29, 1.82) is 0 Å². The number of anilines is 1. The van der Waals surface area contributed by atoms with Gasteiger partial charge in [0.2, 0.25) is 5.91 Å². The standard InChI is InChI=1S/C23H24ClN5O2S/c1-4-13-29-21(16(3)25-22(31)17-10-6-7-11-18(17)24)27-28-23(29)32-14-20(30)26-19-12-8-5-9-15(19)2/h4-12,16H,1,13-14H2,2-3H3,(H,25,31)(H,26,30)/t16-/m1/s1. The summed E-state index contributed by atoms with van der Waals surface area (Å²) in [5.74, 6) is 0.290. The van der Waals surface area contributed by atoms with Crippen LogP contribution in [0, 0.1) is 6.92 Å². The van der Waals surface area contributed by atoms with Gasteiger partial charge in [-0.25, -0.2) is 0 Å². The summed E-state index contributed by atoms with van der Waals surface area (Å²) in [5.41, 5.74) is 2.16. The first-order valence-corrected chi connectivity index (χ1v) is 11.3. The fourth-order valence-corrected chi connectivity index (χ4v) is 4.02. The van der Waals surface area contributed by atoms with E-state index in [1.54, 1.807) is 30.3 Å². The molecule has 3 aromatic rings. The van der Waals surface area contributed by atoms with E-state index < -0.39 is 6.04 Å². The third-order valence-electron chi connectivity index (χ3n) is 4.66. The van der Waals surface area contributed by atoms with Crippen molar-refractivity contribution in [2.75, 3.05) is 11.1 Å². The summed E-state index contributed by atoms with van der Waals surface area (Å²) < 4.78 is 1.83. The van der Waals surface area contributed by atoms with Gasteiger partial charge >= 0.3 is 0 Å². The van der Waals surface area contributed by atoms with Gasteiger partial charge in [-0.3, -0.25) is 9.59 Å². The maximum Gasteiger partial charge on any atom is 0.253 e. The maximum absolute atomic E-state index is 12.6. The second kappa shape index (κ2) is 11.0. The molecule has 0 aliphatic rings. The van der Waals surface area contributed by atoms with Crippen LogP contribution in [0.5, 0.6) is 0 Å². The van der Waals surface area contributed by atoms with Crippen molar-refractivity contribution in [3.8, 4) is 0 Å². The predicted molar refractivity (Wildman–Crippen MR) is 128 cm³/mol. The van der Waals surface area contributed by atoms with Crippen LogP contribution in [-0.2, 0) is 11.3 Å². The Bertz CT molecular complexity index is 1130. The van der Waals surface area contributed by atoms with Gasteiger partial charge in [-0.15, -0.1) is 16.8 Å². The Morgan fingerprint density at radius 1 is 1.19 bits per heavy atom. The van der Waals surface area contributed by atoms with Crippen LogP contribution in [0.2, 0.25) is 5.02 Å². The quantitative estimate of drug-likeness (QED) is 0.352. The number of hydrogen-bond acceptors (Lipinski definition) is 5. The molecule has 7 nitrogen and oxygen atoms in total. The van der Waals surface area contributed by atoms with E-state index in [1.807, 2.05) is 42.7 Å². The van der Waals surface area contributed by atoms with Crippen LogP contribution in [0.25, 0.3) is 0 Å². The van der Waals surface area contributed by atoms with Crippen molar-refractivity contribution in [3.63, 3.8) is 0 Å². The van der Waals surface area contributed by atoms with Gasteiger partial charge in [0, 0.05) is 12.2 Å². The minimum atomic E-state index is -0.429. The van der Waals surface area contributed by atoms with Crippen LogP contribution in [0.4, 0.5) is 5.69 Å². The van der Waals surface area contributed by atoms with Crippen molar-refractivity contribution in [2.24, 2.45) is 0 Å². The smallest absolute Gasteiger partial charge is 0.253 e. The lowest BCUT2D eigenvalue weighted by molar-refractivity contribution is -0.113. The van der Waals surface area contributed by atoms with E-state index in [4.69, 9.17) is 11.6 Å². The molecule has 9 heteroatoms. The number of rotatable bonds is 9. The minimum absolute atomic E-state index is 0.140. The zero-order valence-corrected chi connectivity index (χ0v) is 19.4. The Morgan fingerprint density at radius 2 is 1.91 bits per heavy atom. The normalized spacial score (nSPS) is 11.6. The van der Waals surface area contributed by atoms with Crippen LogP contribution >= 0.6 is 23.4 Å². The summed E-state index contributed by atoms with van der Waals surface area (Å²) >= 11 is 7.40. The van der Waals surface area contributed by atoms with E-state index in [2.05, 4.69) is 27.4 Å². The van der Waals surface area contributed by atoms with Gasteiger partial charge < -0.3 is 15.2 Å². The molecule has 0 saturated carbocycles. The van der Waals surface area contributed by atoms with Gasteiger partial charge in [-0.2, -0.15) is 0 Å². The highest BCUT2D eigenvalue weighted by Gasteiger charge is 2.21. The zero-order valence-electron chi connectivity index (χ0n) is 17.8. The highest BCUT2D eigenvalue weighted by Crippen LogP contribution is 2.23. The highest BCUT2D eigenvalue weighted by atomic mass is 35.5. The first kappa shape index (κ1) is 23.6. The molecule has 0 bridgehead atoms. The molecule has 2 aromatic carbocycles. The summed E-state index contributed by atoms with van der Waals surface area (Å²) in [7, 11) is 0. The highest BCUT2D eigenvalue weighted by molar-refractivity contribution is 7.99. The van der Waals surface area contributed by atoms with Crippen molar-refractivity contribution >= 4 is 40.9 Å². The van der Waals surface area contributed by atoms with E-state index in [0.29, 0.717) is 28.1 Å². The molecule has 0 aliphatic carbocycles. The molecule has 0 radical (unpaired) electrons. The maximum atomic E-state index is 12.6. The molecule has 0 aliphatic heterocycles. The molecular formula is C23H24ClN5O2S. The molecule has 1 atom stereocenters. The van der Waals surface area contributed by atoms with Crippen molar-refractivity contribution in [3.05, 3.63) is 83.2 Å². The lowest BCUT2D eigenvalue weighted by atomic mass is 10.2. The van der Waals surface area contributed by atoms with Crippen LogP contribution in [0.3, 0.4) is 0 Å². The van der Waals surface area contributed by atoms with E-state index >= 15 is 0 Å². The van der Waals surface area contributed by atoms with Crippen LogP contribution in [-0.4, -0.2) is 32.3 Å². The van der Waals surface area contributed by atoms with Crippen molar-refractivity contribution in [2.45, 2.75) is 31.6 Å². The first-order chi connectivity index (χ1) is 15.4. The number of hydrogen-bond donors (Lipinski definition) is 2. The monoisotopic (exact) mass is 469 g/mol. The molecule has 0 unspecified atom stereocenters. The van der Waals surface area contributed by atoms with Gasteiger partial charge in [-0.05, 0) is 37.6 Å². The van der Waals surface area contributed by atoms with E-state index in [-0.39, 0.29) is 17.6 Å². The number of aryl methyl sites for hydroxylation is 1. The van der Waals surface area contributed by atoms with Crippen LogP contribution in [0.1, 0.15) is 34.7 Å². The van der Waals surface area contributed by atoms with Crippen molar-refractivity contribution in [1.82, 2.24) is 20.1 Å². The molecule has 1 heterocycles. The van der Waals surface area contributed by atoms with Gasteiger partial charge in [0.05, 0.1) is 22.4 Å². The van der Waals surface area contributed by atoms with E-state index in [0.717, 1.165) is 11.3 Å².